The Morgan fingerprint density at radius 2 is 1.73 bits per heavy atom. The van der Waals surface area contributed by atoms with E-state index in [-0.39, 0.29) is 17.0 Å². The molecule has 0 aliphatic carbocycles. The molecule has 0 fully saturated rings. The molecule has 1 aromatic carbocycles. The lowest BCUT2D eigenvalue weighted by Crippen LogP contribution is -2.17. The molecule has 0 bridgehead atoms. The van der Waals surface area contributed by atoms with Gasteiger partial charge >= 0.3 is 12.3 Å². The third kappa shape index (κ3) is 3.66. The Kier molecular flexibility index (Phi) is 4.20. The van der Waals surface area contributed by atoms with E-state index in [1.807, 2.05) is 0 Å². The fraction of sp³-hybridized carbons (Fsp3) is 0.143. The number of alkyl halides is 3. The van der Waals surface area contributed by atoms with Crippen LogP contribution in [0.4, 0.5) is 13.2 Å². The number of carbonyl (C=O) groups is 1. The van der Waals surface area contributed by atoms with Crippen LogP contribution in [0, 0.1) is 0 Å². The second-order valence-corrected chi connectivity index (χ2v) is 4.18. The minimum absolute atomic E-state index is 0.0201. The van der Waals surface area contributed by atoms with Crippen LogP contribution < -0.4 is 10.3 Å². The van der Waals surface area contributed by atoms with Crippen molar-refractivity contribution in [1.82, 2.24) is 4.98 Å². The zero-order valence-electron chi connectivity index (χ0n) is 11.2. The largest absolute Gasteiger partial charge is 0.573 e. The molecule has 2 aromatic rings. The lowest BCUT2D eigenvalue weighted by molar-refractivity contribution is -0.274. The number of methoxy groups -OCH3 is 1. The summed E-state index contributed by atoms with van der Waals surface area (Å²) in [4.78, 5) is 25.5. The molecule has 0 unspecified atom stereocenters. The number of carbonyl (C=O) groups excluding carboxylic acids is 1. The third-order valence-electron chi connectivity index (χ3n) is 2.71. The van der Waals surface area contributed by atoms with E-state index in [0.717, 1.165) is 12.1 Å². The van der Waals surface area contributed by atoms with Gasteiger partial charge in [-0.25, -0.2) is 4.79 Å². The topological polar surface area (TPSA) is 68.4 Å². The molecule has 0 radical (unpaired) electrons. The molecule has 8 heteroatoms. The first kappa shape index (κ1) is 15.6. The Morgan fingerprint density at radius 1 is 1.09 bits per heavy atom. The number of hydrogen-bond donors (Lipinski definition) is 1. The number of halogens is 3. The minimum atomic E-state index is -4.78. The fourth-order valence-electron chi connectivity index (χ4n) is 1.77. The first-order chi connectivity index (χ1) is 10.3. The van der Waals surface area contributed by atoms with Gasteiger partial charge in [0.25, 0.3) is 5.56 Å². The molecule has 1 aromatic heterocycles. The molecule has 5 nitrogen and oxygen atoms in total. The number of esters is 1. The molecular formula is C14H10F3NO4. The van der Waals surface area contributed by atoms with Gasteiger partial charge in [0.05, 0.1) is 7.11 Å². The van der Waals surface area contributed by atoms with Gasteiger partial charge in [0, 0.05) is 5.56 Å². The van der Waals surface area contributed by atoms with Gasteiger partial charge in [-0.15, -0.1) is 13.2 Å². The van der Waals surface area contributed by atoms with E-state index >= 15 is 0 Å². The van der Waals surface area contributed by atoms with Crippen molar-refractivity contribution in [2.24, 2.45) is 0 Å². The molecule has 0 aliphatic rings. The van der Waals surface area contributed by atoms with E-state index in [1.54, 1.807) is 0 Å². The van der Waals surface area contributed by atoms with Crippen LogP contribution in [0.2, 0.25) is 0 Å². The zero-order valence-corrected chi connectivity index (χ0v) is 11.2. The van der Waals surface area contributed by atoms with Crippen molar-refractivity contribution in [1.29, 1.82) is 0 Å². The van der Waals surface area contributed by atoms with Gasteiger partial charge in [0.15, 0.2) is 0 Å². The minimum Gasteiger partial charge on any atom is -0.464 e. The van der Waals surface area contributed by atoms with Gasteiger partial charge in [-0.1, -0.05) is 12.1 Å². The third-order valence-corrected chi connectivity index (χ3v) is 2.71. The Balaban J connectivity index is 2.29. The van der Waals surface area contributed by atoms with E-state index in [1.165, 1.54) is 31.4 Å². The Morgan fingerprint density at radius 3 is 2.23 bits per heavy atom. The van der Waals surface area contributed by atoms with Crippen LogP contribution in [0.25, 0.3) is 11.1 Å². The molecule has 22 heavy (non-hydrogen) atoms. The highest BCUT2D eigenvalue weighted by atomic mass is 19.4. The summed E-state index contributed by atoms with van der Waals surface area (Å²) in [7, 11) is 1.17. The second-order valence-electron chi connectivity index (χ2n) is 4.18. The van der Waals surface area contributed by atoms with Crippen molar-refractivity contribution in [3.63, 3.8) is 0 Å². The van der Waals surface area contributed by atoms with Crippen molar-refractivity contribution in [3.8, 4) is 16.9 Å². The van der Waals surface area contributed by atoms with E-state index in [4.69, 9.17) is 0 Å². The number of hydrogen-bond acceptors (Lipinski definition) is 4. The maximum Gasteiger partial charge on any atom is 0.573 e. The summed E-state index contributed by atoms with van der Waals surface area (Å²) in [5.74, 6) is -1.09. The van der Waals surface area contributed by atoms with Gasteiger partial charge in [0.1, 0.15) is 11.4 Å². The highest BCUT2D eigenvalue weighted by molar-refractivity contribution is 5.87. The van der Waals surface area contributed by atoms with Gasteiger partial charge in [-0.2, -0.15) is 0 Å². The van der Waals surface area contributed by atoms with Crippen LogP contribution in [-0.2, 0) is 4.74 Å². The Bertz CT molecular complexity index is 735. The van der Waals surface area contributed by atoms with Crippen molar-refractivity contribution in [2.45, 2.75) is 6.36 Å². The predicted molar refractivity (Wildman–Crippen MR) is 70.5 cm³/mol. The van der Waals surface area contributed by atoms with Crippen LogP contribution in [-0.4, -0.2) is 24.4 Å². The maximum absolute atomic E-state index is 12.1. The smallest absolute Gasteiger partial charge is 0.464 e. The van der Waals surface area contributed by atoms with Crippen molar-refractivity contribution in [2.75, 3.05) is 7.11 Å². The Labute approximate surface area is 122 Å². The summed E-state index contributed by atoms with van der Waals surface area (Å²) in [6.07, 6.45) is -4.78. The van der Waals surface area contributed by atoms with Crippen molar-refractivity contribution >= 4 is 5.97 Å². The lowest BCUT2D eigenvalue weighted by Gasteiger charge is -2.09. The summed E-state index contributed by atoms with van der Waals surface area (Å²) in [6, 6.07) is 7.54. The molecular weight excluding hydrogens is 303 g/mol. The Hall–Kier alpha value is -2.77. The average Bonchev–Trinajstić information content (AvgIpc) is 2.46. The molecule has 0 amide bonds. The maximum atomic E-state index is 12.1. The molecule has 0 aliphatic heterocycles. The number of aromatic amines is 1. The number of pyridine rings is 1. The first-order valence-electron chi connectivity index (χ1n) is 5.98. The van der Waals surface area contributed by atoms with E-state index in [2.05, 4.69) is 14.5 Å². The van der Waals surface area contributed by atoms with Crippen LogP contribution in [0.3, 0.4) is 0 Å². The number of rotatable bonds is 3. The van der Waals surface area contributed by atoms with Crippen LogP contribution in [0.15, 0.2) is 41.2 Å². The predicted octanol–water partition coefficient (Wildman–Crippen LogP) is 2.73. The molecule has 1 heterocycles. The summed E-state index contributed by atoms with van der Waals surface area (Å²) in [5.41, 5.74) is -0.000864. The molecule has 0 saturated carbocycles. The van der Waals surface area contributed by atoms with Crippen LogP contribution in [0.1, 0.15) is 10.5 Å². The van der Waals surface area contributed by atoms with Gasteiger partial charge in [-0.05, 0) is 29.8 Å². The SMILES string of the molecule is COC(=O)c1ccc(-c2ccc(OC(F)(F)F)cc2)c(=O)[nH]1. The lowest BCUT2D eigenvalue weighted by atomic mass is 10.1. The first-order valence-corrected chi connectivity index (χ1v) is 5.98. The second kappa shape index (κ2) is 5.92. The van der Waals surface area contributed by atoms with Crippen molar-refractivity contribution < 1.29 is 27.4 Å². The molecule has 0 saturated heterocycles. The molecule has 1 N–H and O–H groups in total. The number of aromatic nitrogens is 1. The van der Waals surface area contributed by atoms with Crippen molar-refractivity contribution in [3.05, 3.63) is 52.4 Å². The highest BCUT2D eigenvalue weighted by Gasteiger charge is 2.30. The quantitative estimate of drug-likeness (QED) is 0.885. The summed E-state index contributed by atoms with van der Waals surface area (Å²) in [6.45, 7) is 0. The summed E-state index contributed by atoms with van der Waals surface area (Å²) in [5, 5.41) is 0. The summed E-state index contributed by atoms with van der Waals surface area (Å²) >= 11 is 0. The highest BCUT2D eigenvalue weighted by Crippen LogP contribution is 2.25. The normalized spacial score (nSPS) is 11.1. The standard InChI is InChI=1S/C14H10F3NO4/c1-21-13(20)11-7-6-10(12(19)18-11)8-2-4-9(5-3-8)22-14(15,16)17/h2-7H,1H3,(H,18,19). The number of H-pyrrole nitrogens is 1. The average molecular weight is 313 g/mol. The van der Waals surface area contributed by atoms with Crippen LogP contribution in [0.5, 0.6) is 5.75 Å². The molecule has 116 valence electrons. The number of nitrogens with one attached hydrogen (secondary N) is 1. The van der Waals surface area contributed by atoms with E-state index < -0.39 is 17.9 Å². The molecule has 0 atom stereocenters. The molecule has 2 rings (SSSR count). The van der Waals surface area contributed by atoms with E-state index in [9.17, 15) is 22.8 Å². The van der Waals surface area contributed by atoms with Gasteiger partial charge in [-0.3, -0.25) is 4.79 Å². The zero-order chi connectivity index (χ0) is 16.3. The van der Waals surface area contributed by atoms with E-state index in [0.29, 0.717) is 5.56 Å². The monoisotopic (exact) mass is 313 g/mol. The number of benzene rings is 1. The van der Waals surface area contributed by atoms with Gasteiger partial charge in [0.2, 0.25) is 0 Å². The van der Waals surface area contributed by atoms with Gasteiger partial charge < -0.3 is 14.5 Å². The molecule has 0 spiro atoms. The van der Waals surface area contributed by atoms with Crippen LogP contribution >= 0.6 is 0 Å². The summed E-state index contributed by atoms with van der Waals surface area (Å²) < 4.78 is 44.4. The number of ether oxygens (including phenoxy) is 2. The fourth-order valence-corrected chi connectivity index (χ4v) is 1.77.